The zero-order valence-electron chi connectivity index (χ0n) is 5.67. The summed E-state index contributed by atoms with van der Waals surface area (Å²) in [5.74, 6) is 0.417. The molecule has 0 aliphatic rings. The van der Waals surface area contributed by atoms with Crippen molar-refractivity contribution in [3.8, 4) is 0 Å². The normalized spacial score (nSPS) is 10.1. The highest BCUT2D eigenvalue weighted by Crippen LogP contribution is 1.99. The van der Waals surface area contributed by atoms with Crippen LogP contribution >= 0.6 is 0 Å². The second-order valence-corrected chi connectivity index (χ2v) is 1.87. The zero-order valence-corrected chi connectivity index (χ0v) is 5.67. The average Bonchev–Trinajstić information content (AvgIpc) is 2.03. The topological polar surface area (TPSA) is 37.8 Å². The van der Waals surface area contributed by atoms with E-state index in [1.807, 2.05) is 0 Å². The second-order valence-electron chi connectivity index (χ2n) is 1.87. The first-order valence-electron chi connectivity index (χ1n) is 3.07. The van der Waals surface area contributed by atoms with Crippen LogP contribution in [0.15, 0.2) is 18.6 Å². The first-order valence-corrected chi connectivity index (χ1v) is 3.07. The predicted molar refractivity (Wildman–Crippen MR) is 36.5 cm³/mol. The van der Waals surface area contributed by atoms with Gasteiger partial charge >= 0.3 is 0 Å². The molecule has 0 aliphatic carbocycles. The molecule has 1 heterocycles. The number of hydrogen-bond acceptors (Lipinski definition) is 3. The quantitative estimate of drug-likeness (QED) is 0.718. The molecule has 0 spiro atoms. The van der Waals surface area contributed by atoms with Crippen LogP contribution in [0.1, 0.15) is 0 Å². The highest BCUT2D eigenvalue weighted by atomic mass is 19.3. The molecule has 1 rings (SSSR count). The van der Waals surface area contributed by atoms with Crippen LogP contribution in [0.2, 0.25) is 0 Å². The van der Waals surface area contributed by atoms with E-state index in [1.54, 1.807) is 0 Å². The van der Waals surface area contributed by atoms with Gasteiger partial charge in [0.2, 0.25) is 0 Å². The summed E-state index contributed by atoms with van der Waals surface area (Å²) in [6.07, 6.45) is 0.430. The smallest absolute Gasteiger partial charge is 0.255 e. The summed E-state index contributed by atoms with van der Waals surface area (Å²) in [6, 6.07) is 1.53. The molecule has 3 nitrogen and oxygen atoms in total. The molecular formula is C6H7F2N3. The van der Waals surface area contributed by atoms with Crippen molar-refractivity contribution in [3.63, 3.8) is 0 Å². The van der Waals surface area contributed by atoms with Crippen molar-refractivity contribution in [1.29, 1.82) is 0 Å². The Bertz CT molecular complexity index is 202. The van der Waals surface area contributed by atoms with Crippen LogP contribution < -0.4 is 5.32 Å². The first-order chi connectivity index (χ1) is 5.29. The van der Waals surface area contributed by atoms with E-state index < -0.39 is 6.43 Å². The maximum Gasteiger partial charge on any atom is 0.255 e. The van der Waals surface area contributed by atoms with Gasteiger partial charge in [0.1, 0.15) is 12.1 Å². The lowest BCUT2D eigenvalue weighted by atomic mass is 10.5. The standard InChI is InChI=1S/C6H7F2N3/c7-5(8)3-10-6-1-2-9-4-11-6/h1-2,4-5H,3H2,(H,9,10,11). The van der Waals surface area contributed by atoms with Crippen LogP contribution in [-0.2, 0) is 0 Å². The van der Waals surface area contributed by atoms with Gasteiger partial charge in [-0.15, -0.1) is 0 Å². The number of anilines is 1. The summed E-state index contributed by atoms with van der Waals surface area (Å²) in [5.41, 5.74) is 0. The van der Waals surface area contributed by atoms with Crippen molar-refractivity contribution in [2.24, 2.45) is 0 Å². The monoisotopic (exact) mass is 159 g/mol. The van der Waals surface area contributed by atoms with Crippen LogP contribution in [0, 0.1) is 0 Å². The van der Waals surface area contributed by atoms with Crippen LogP contribution in [0.4, 0.5) is 14.6 Å². The summed E-state index contributed by atoms with van der Waals surface area (Å²) in [5, 5.41) is 2.44. The Labute approximate surface area is 62.5 Å². The van der Waals surface area contributed by atoms with E-state index in [9.17, 15) is 8.78 Å². The molecule has 0 radical (unpaired) electrons. The summed E-state index contributed by atoms with van der Waals surface area (Å²) in [4.78, 5) is 7.33. The maximum atomic E-state index is 11.6. The Morgan fingerprint density at radius 3 is 2.91 bits per heavy atom. The van der Waals surface area contributed by atoms with Crippen molar-refractivity contribution < 1.29 is 8.78 Å². The van der Waals surface area contributed by atoms with E-state index >= 15 is 0 Å². The Morgan fingerprint density at radius 1 is 1.55 bits per heavy atom. The summed E-state index contributed by atoms with van der Waals surface area (Å²) in [7, 11) is 0. The van der Waals surface area contributed by atoms with Gasteiger partial charge in [-0.05, 0) is 6.07 Å². The van der Waals surface area contributed by atoms with Gasteiger partial charge in [0.25, 0.3) is 6.43 Å². The lowest BCUT2D eigenvalue weighted by molar-refractivity contribution is 0.163. The van der Waals surface area contributed by atoms with E-state index in [1.165, 1.54) is 18.6 Å². The van der Waals surface area contributed by atoms with Crippen molar-refractivity contribution in [2.75, 3.05) is 11.9 Å². The largest absolute Gasteiger partial charge is 0.364 e. The number of rotatable bonds is 3. The third-order valence-electron chi connectivity index (χ3n) is 1.02. The molecule has 0 aromatic carbocycles. The molecule has 0 fully saturated rings. The molecule has 11 heavy (non-hydrogen) atoms. The van der Waals surface area contributed by atoms with E-state index in [2.05, 4.69) is 15.3 Å². The van der Waals surface area contributed by atoms with Gasteiger partial charge in [0.05, 0.1) is 6.54 Å². The molecule has 0 bridgehead atoms. The average molecular weight is 159 g/mol. The Hall–Kier alpha value is -1.26. The molecule has 0 saturated carbocycles. The van der Waals surface area contributed by atoms with E-state index in [0.29, 0.717) is 5.82 Å². The van der Waals surface area contributed by atoms with Crippen LogP contribution in [0.5, 0.6) is 0 Å². The van der Waals surface area contributed by atoms with Crippen molar-refractivity contribution in [3.05, 3.63) is 18.6 Å². The van der Waals surface area contributed by atoms with Gasteiger partial charge in [-0.25, -0.2) is 18.7 Å². The lowest BCUT2D eigenvalue weighted by Crippen LogP contribution is -2.10. The molecule has 60 valence electrons. The lowest BCUT2D eigenvalue weighted by Gasteiger charge is -2.01. The number of nitrogens with zero attached hydrogens (tertiary/aromatic N) is 2. The Morgan fingerprint density at radius 2 is 2.36 bits per heavy atom. The van der Waals surface area contributed by atoms with E-state index in [4.69, 9.17) is 0 Å². The highest BCUT2D eigenvalue weighted by Gasteiger charge is 2.00. The van der Waals surface area contributed by atoms with Crippen LogP contribution in [-0.4, -0.2) is 22.9 Å². The minimum Gasteiger partial charge on any atom is -0.364 e. The SMILES string of the molecule is FC(F)CNc1ccncn1. The van der Waals surface area contributed by atoms with Gasteiger partial charge in [-0.2, -0.15) is 0 Å². The minimum atomic E-state index is -2.36. The van der Waals surface area contributed by atoms with Gasteiger partial charge in [0, 0.05) is 6.20 Å². The summed E-state index contributed by atoms with van der Waals surface area (Å²) >= 11 is 0. The molecule has 1 aromatic rings. The summed E-state index contributed by atoms with van der Waals surface area (Å²) < 4.78 is 23.2. The zero-order chi connectivity index (χ0) is 8.10. The first kappa shape index (κ1) is 7.84. The molecule has 0 aliphatic heterocycles. The van der Waals surface area contributed by atoms with Crippen molar-refractivity contribution in [1.82, 2.24) is 9.97 Å². The number of alkyl halides is 2. The van der Waals surface area contributed by atoms with Crippen LogP contribution in [0.3, 0.4) is 0 Å². The number of hydrogen-bond donors (Lipinski definition) is 1. The van der Waals surface area contributed by atoms with Gasteiger partial charge in [-0.1, -0.05) is 0 Å². The number of halogens is 2. The third kappa shape index (κ3) is 2.88. The fourth-order valence-corrected chi connectivity index (χ4v) is 0.577. The number of aromatic nitrogens is 2. The third-order valence-corrected chi connectivity index (χ3v) is 1.02. The Kier molecular flexibility index (Phi) is 2.71. The van der Waals surface area contributed by atoms with Gasteiger partial charge in [-0.3, -0.25) is 0 Å². The minimum absolute atomic E-state index is 0.378. The van der Waals surface area contributed by atoms with Gasteiger partial charge < -0.3 is 5.32 Å². The highest BCUT2D eigenvalue weighted by molar-refractivity contribution is 5.31. The van der Waals surface area contributed by atoms with Crippen molar-refractivity contribution >= 4 is 5.82 Å². The van der Waals surface area contributed by atoms with Gasteiger partial charge in [0.15, 0.2) is 0 Å². The molecular weight excluding hydrogens is 152 g/mol. The molecule has 0 atom stereocenters. The maximum absolute atomic E-state index is 11.6. The predicted octanol–water partition coefficient (Wildman–Crippen LogP) is 1.15. The van der Waals surface area contributed by atoms with Crippen molar-refractivity contribution in [2.45, 2.75) is 6.43 Å². The molecule has 0 unspecified atom stereocenters. The second kappa shape index (κ2) is 3.80. The Balaban J connectivity index is 2.39. The molecule has 5 heteroatoms. The molecule has 0 amide bonds. The summed E-state index contributed by atoms with van der Waals surface area (Å²) in [6.45, 7) is -0.378. The molecule has 0 saturated heterocycles. The fraction of sp³-hybridized carbons (Fsp3) is 0.333. The van der Waals surface area contributed by atoms with Crippen LogP contribution in [0.25, 0.3) is 0 Å². The van der Waals surface area contributed by atoms with E-state index in [-0.39, 0.29) is 6.54 Å². The van der Waals surface area contributed by atoms with E-state index in [0.717, 1.165) is 0 Å². The fourth-order valence-electron chi connectivity index (χ4n) is 0.577. The molecule has 1 aromatic heterocycles. The molecule has 1 N–H and O–H groups in total. The number of nitrogens with one attached hydrogen (secondary N) is 1.